The van der Waals surface area contributed by atoms with Gasteiger partial charge in [-0.25, -0.2) is 4.79 Å². The van der Waals surface area contributed by atoms with Gasteiger partial charge in [0, 0.05) is 12.3 Å². The molecule has 2 aromatic carbocycles. The van der Waals surface area contributed by atoms with Crippen LogP contribution in [0.3, 0.4) is 0 Å². The van der Waals surface area contributed by atoms with Crippen LogP contribution >= 0.6 is 35.0 Å². The number of hydrogen-bond donors (Lipinski definition) is 2. The van der Waals surface area contributed by atoms with Crippen molar-refractivity contribution in [3.05, 3.63) is 57.6 Å². The number of ether oxygens (including phenoxy) is 3. The summed E-state index contributed by atoms with van der Waals surface area (Å²) in [5, 5.41) is 5.83. The molecule has 1 atom stereocenters. The Balaban J connectivity index is 1.85. The molecule has 184 valence electrons. The molecular formula is C23H26Cl2N2O6S. The summed E-state index contributed by atoms with van der Waals surface area (Å²) in [6.45, 7) is 0.384. The highest BCUT2D eigenvalue weighted by molar-refractivity contribution is 7.99. The summed E-state index contributed by atoms with van der Waals surface area (Å²) in [5.41, 5.74) is 0.422. The number of thioether (sulfide) groups is 1. The third-order valence-electron chi connectivity index (χ3n) is 4.72. The number of carbonyl (C=O) groups is 3. The molecule has 2 aromatic rings. The van der Waals surface area contributed by atoms with E-state index in [1.807, 2.05) is 0 Å². The Hall–Kier alpha value is -2.62. The van der Waals surface area contributed by atoms with Crippen LogP contribution in [0, 0.1) is 0 Å². The molecule has 2 N–H and O–H groups in total. The molecule has 0 aliphatic heterocycles. The van der Waals surface area contributed by atoms with Gasteiger partial charge in [-0.15, -0.1) is 0 Å². The van der Waals surface area contributed by atoms with E-state index in [9.17, 15) is 14.4 Å². The molecule has 2 rings (SSSR count). The molecule has 0 unspecified atom stereocenters. The van der Waals surface area contributed by atoms with Crippen LogP contribution in [-0.4, -0.2) is 63.2 Å². The molecule has 0 aromatic heterocycles. The second-order valence-corrected chi connectivity index (χ2v) is 8.88. The van der Waals surface area contributed by atoms with E-state index in [0.717, 1.165) is 0 Å². The van der Waals surface area contributed by atoms with Crippen LogP contribution in [0.25, 0.3) is 0 Å². The van der Waals surface area contributed by atoms with Gasteiger partial charge in [0.25, 0.3) is 11.8 Å². The first-order valence-electron chi connectivity index (χ1n) is 10.2. The van der Waals surface area contributed by atoms with E-state index >= 15 is 0 Å². The smallest absolute Gasteiger partial charge is 0.328 e. The van der Waals surface area contributed by atoms with Crippen molar-refractivity contribution in [2.24, 2.45) is 0 Å². The number of nitrogens with one attached hydrogen (secondary N) is 2. The van der Waals surface area contributed by atoms with Crippen molar-refractivity contribution >= 4 is 52.7 Å². The summed E-state index contributed by atoms with van der Waals surface area (Å²) in [6, 6.07) is 8.94. The van der Waals surface area contributed by atoms with Gasteiger partial charge < -0.3 is 24.8 Å². The lowest BCUT2D eigenvalue weighted by Gasteiger charge is -2.17. The van der Waals surface area contributed by atoms with E-state index in [1.165, 1.54) is 33.1 Å². The predicted molar refractivity (Wildman–Crippen MR) is 134 cm³/mol. The molecule has 0 saturated heterocycles. The number of amides is 2. The molecule has 0 fully saturated rings. The summed E-state index contributed by atoms with van der Waals surface area (Å²) in [7, 11) is 4.22. The highest BCUT2D eigenvalue weighted by Crippen LogP contribution is 2.28. The number of methoxy groups -OCH3 is 3. The Morgan fingerprint density at radius 2 is 1.47 bits per heavy atom. The molecule has 34 heavy (non-hydrogen) atoms. The van der Waals surface area contributed by atoms with Gasteiger partial charge in [-0.2, -0.15) is 11.8 Å². The van der Waals surface area contributed by atoms with Crippen molar-refractivity contribution in [2.75, 3.05) is 39.4 Å². The molecule has 8 nitrogen and oxygen atoms in total. The standard InChI is InChI=1S/C23H26Cl2N2O6S/c1-31-17-8-5-9-18(32-2)20(17)21(28)26-11-13-34-12-10-16(23(30)33-3)27-22(29)19-14(24)6-4-7-15(19)25/h4-9,16H,10-13H2,1-3H3,(H,26,28)(H,27,29)/t16-/m0/s1. The molecule has 0 spiro atoms. The van der Waals surface area contributed by atoms with Crippen LogP contribution in [0.5, 0.6) is 11.5 Å². The Kier molecular flexibility index (Phi) is 11.3. The Labute approximate surface area is 212 Å². The number of hydrogen-bond acceptors (Lipinski definition) is 7. The second-order valence-electron chi connectivity index (χ2n) is 6.84. The van der Waals surface area contributed by atoms with E-state index < -0.39 is 17.9 Å². The number of esters is 1. The molecule has 0 heterocycles. The zero-order valence-electron chi connectivity index (χ0n) is 19.0. The predicted octanol–water partition coefficient (Wildman–Crippen LogP) is 3.84. The van der Waals surface area contributed by atoms with Gasteiger partial charge in [0.1, 0.15) is 23.1 Å². The van der Waals surface area contributed by atoms with Crippen molar-refractivity contribution in [3.63, 3.8) is 0 Å². The van der Waals surface area contributed by atoms with Crippen molar-refractivity contribution < 1.29 is 28.6 Å². The first kappa shape index (κ1) is 27.6. The number of halogens is 2. The van der Waals surface area contributed by atoms with Crippen LogP contribution in [0.15, 0.2) is 36.4 Å². The number of benzene rings is 2. The zero-order chi connectivity index (χ0) is 25.1. The molecule has 0 saturated carbocycles. The zero-order valence-corrected chi connectivity index (χ0v) is 21.3. The van der Waals surface area contributed by atoms with Crippen molar-refractivity contribution in [2.45, 2.75) is 12.5 Å². The summed E-state index contributed by atoms with van der Waals surface area (Å²) in [4.78, 5) is 37.3. The maximum absolute atomic E-state index is 12.6. The van der Waals surface area contributed by atoms with Gasteiger partial charge in [0.15, 0.2) is 0 Å². The van der Waals surface area contributed by atoms with Crippen LogP contribution in [0.1, 0.15) is 27.1 Å². The molecule has 2 amide bonds. The van der Waals surface area contributed by atoms with Crippen LogP contribution in [0.4, 0.5) is 0 Å². The van der Waals surface area contributed by atoms with E-state index in [0.29, 0.717) is 41.5 Å². The number of rotatable bonds is 12. The summed E-state index contributed by atoms with van der Waals surface area (Å²) >= 11 is 13.7. The molecular weight excluding hydrogens is 503 g/mol. The highest BCUT2D eigenvalue weighted by Gasteiger charge is 2.24. The fourth-order valence-corrected chi connectivity index (χ4v) is 4.46. The minimum Gasteiger partial charge on any atom is -0.496 e. The lowest BCUT2D eigenvalue weighted by Crippen LogP contribution is -2.42. The maximum atomic E-state index is 12.6. The third kappa shape index (κ3) is 7.44. The first-order valence-corrected chi connectivity index (χ1v) is 12.1. The van der Waals surface area contributed by atoms with Gasteiger partial charge in [0.05, 0.1) is 36.9 Å². The highest BCUT2D eigenvalue weighted by atomic mass is 35.5. The fourth-order valence-electron chi connectivity index (χ4n) is 3.04. The minimum absolute atomic E-state index is 0.0990. The maximum Gasteiger partial charge on any atom is 0.328 e. The van der Waals surface area contributed by atoms with Crippen LogP contribution in [-0.2, 0) is 9.53 Å². The normalized spacial score (nSPS) is 11.3. The van der Waals surface area contributed by atoms with Gasteiger partial charge in [-0.1, -0.05) is 35.3 Å². The van der Waals surface area contributed by atoms with Crippen molar-refractivity contribution in [1.82, 2.24) is 10.6 Å². The molecule has 11 heteroatoms. The topological polar surface area (TPSA) is 103 Å². The Bertz CT molecular complexity index is 978. The second kappa shape index (κ2) is 13.9. The average molecular weight is 529 g/mol. The summed E-state index contributed by atoms with van der Waals surface area (Å²) < 4.78 is 15.3. The third-order valence-corrected chi connectivity index (χ3v) is 6.37. The molecule has 0 aliphatic rings. The quantitative estimate of drug-likeness (QED) is 0.318. The van der Waals surface area contributed by atoms with Crippen LogP contribution < -0.4 is 20.1 Å². The van der Waals surface area contributed by atoms with Gasteiger partial charge >= 0.3 is 5.97 Å². The summed E-state index contributed by atoms with van der Waals surface area (Å²) in [6.07, 6.45) is 0.319. The molecule has 0 aliphatic carbocycles. The van der Waals surface area contributed by atoms with Crippen molar-refractivity contribution in [1.29, 1.82) is 0 Å². The lowest BCUT2D eigenvalue weighted by atomic mass is 10.1. The largest absolute Gasteiger partial charge is 0.496 e. The molecule has 0 radical (unpaired) electrons. The fraction of sp³-hybridized carbons (Fsp3) is 0.348. The lowest BCUT2D eigenvalue weighted by molar-refractivity contribution is -0.142. The van der Waals surface area contributed by atoms with Gasteiger partial charge in [-0.3, -0.25) is 9.59 Å². The van der Waals surface area contributed by atoms with E-state index in [-0.39, 0.29) is 21.5 Å². The molecule has 0 bridgehead atoms. The van der Waals surface area contributed by atoms with Gasteiger partial charge in [0.2, 0.25) is 0 Å². The van der Waals surface area contributed by atoms with E-state index in [1.54, 1.807) is 36.4 Å². The van der Waals surface area contributed by atoms with Crippen LogP contribution in [0.2, 0.25) is 10.0 Å². The number of carbonyl (C=O) groups excluding carboxylic acids is 3. The Morgan fingerprint density at radius 3 is 2.03 bits per heavy atom. The summed E-state index contributed by atoms with van der Waals surface area (Å²) in [5.74, 6) is 0.499. The van der Waals surface area contributed by atoms with Gasteiger partial charge in [-0.05, 0) is 36.4 Å². The SMILES string of the molecule is COC(=O)[C@H](CCSCCNC(=O)c1c(OC)cccc1OC)NC(=O)c1c(Cl)cccc1Cl. The van der Waals surface area contributed by atoms with Crippen molar-refractivity contribution in [3.8, 4) is 11.5 Å². The van der Waals surface area contributed by atoms with E-state index in [4.69, 9.17) is 37.4 Å². The monoisotopic (exact) mass is 528 g/mol. The average Bonchev–Trinajstić information content (AvgIpc) is 2.83. The first-order chi connectivity index (χ1) is 16.3. The van der Waals surface area contributed by atoms with E-state index in [2.05, 4.69) is 10.6 Å². The Morgan fingerprint density at radius 1 is 0.882 bits per heavy atom. The minimum atomic E-state index is -0.871.